The van der Waals surface area contributed by atoms with Crippen LogP contribution in [0.2, 0.25) is 0 Å². The summed E-state index contributed by atoms with van der Waals surface area (Å²) < 4.78 is 35.5. The van der Waals surface area contributed by atoms with Gasteiger partial charge in [-0.3, -0.25) is 9.58 Å². The van der Waals surface area contributed by atoms with Crippen molar-refractivity contribution >= 4 is 11.9 Å². The molecular weight excluding hydrogens is 346 g/mol. The lowest BCUT2D eigenvalue weighted by Crippen LogP contribution is -2.72. The van der Waals surface area contributed by atoms with Crippen molar-refractivity contribution < 1.29 is 13.5 Å². The Bertz CT molecular complexity index is 631. The highest BCUT2D eigenvalue weighted by molar-refractivity contribution is 7.97. The van der Waals surface area contributed by atoms with Crippen LogP contribution in [0, 0.1) is 5.41 Å². The summed E-state index contributed by atoms with van der Waals surface area (Å²) in [7, 11) is 0. The van der Waals surface area contributed by atoms with Gasteiger partial charge in [0.05, 0.1) is 6.04 Å². The number of ether oxygens (including phenoxy) is 1. The van der Waals surface area contributed by atoms with E-state index in [1.54, 1.807) is 18.0 Å². The van der Waals surface area contributed by atoms with E-state index in [1.165, 1.54) is 13.1 Å². The summed E-state index contributed by atoms with van der Waals surface area (Å²) >= 11 is 1.61. The van der Waals surface area contributed by atoms with Crippen LogP contribution in [0.15, 0.2) is 11.1 Å². The Morgan fingerprint density at radius 1 is 1.08 bits per heavy atom. The number of hydrogen-bond acceptors (Lipinski definition) is 5. The van der Waals surface area contributed by atoms with Crippen LogP contribution >= 0.6 is 11.9 Å². The maximum absolute atomic E-state index is 13.0. The van der Waals surface area contributed by atoms with Gasteiger partial charge in [0.2, 0.25) is 0 Å². The van der Waals surface area contributed by atoms with Gasteiger partial charge in [-0.25, -0.2) is 13.1 Å². The van der Waals surface area contributed by atoms with E-state index in [2.05, 4.69) is 14.3 Å². The molecule has 0 unspecified atom stereocenters. The van der Waals surface area contributed by atoms with Crippen molar-refractivity contribution in [1.82, 2.24) is 19.0 Å². The van der Waals surface area contributed by atoms with Crippen molar-refractivity contribution in [3.05, 3.63) is 11.8 Å². The van der Waals surface area contributed by atoms with Crippen molar-refractivity contribution in [2.45, 2.75) is 49.2 Å². The van der Waals surface area contributed by atoms with Gasteiger partial charge in [-0.2, -0.15) is 5.10 Å². The van der Waals surface area contributed by atoms with E-state index in [0.717, 1.165) is 57.0 Å². The van der Waals surface area contributed by atoms with E-state index < -0.39 is 6.43 Å². The van der Waals surface area contributed by atoms with Gasteiger partial charge in [0, 0.05) is 56.9 Å². The minimum Gasteiger partial charge on any atom is -0.381 e. The molecular formula is C17H24F2N4OS. The zero-order valence-electron chi connectivity index (χ0n) is 14.2. The molecule has 8 heteroatoms. The number of hydrogen-bond donors (Lipinski definition) is 0. The number of halogens is 2. The Hall–Kier alpha value is -0.700. The first-order valence-electron chi connectivity index (χ1n) is 9.24. The van der Waals surface area contributed by atoms with Gasteiger partial charge >= 0.3 is 0 Å². The van der Waals surface area contributed by atoms with Gasteiger partial charge < -0.3 is 4.74 Å². The molecule has 5 rings (SSSR count). The maximum atomic E-state index is 13.0. The fourth-order valence-corrected chi connectivity index (χ4v) is 5.76. The lowest BCUT2D eigenvalue weighted by molar-refractivity contribution is -0.113. The molecule has 0 radical (unpaired) electrons. The van der Waals surface area contributed by atoms with Gasteiger partial charge in [0.25, 0.3) is 6.43 Å². The van der Waals surface area contributed by atoms with Crippen LogP contribution in [0.5, 0.6) is 0 Å². The third-order valence-corrected chi connectivity index (χ3v) is 6.88. The van der Waals surface area contributed by atoms with Crippen LogP contribution in [0.25, 0.3) is 0 Å². The molecule has 0 bridgehead atoms. The van der Waals surface area contributed by atoms with Crippen LogP contribution in [0.1, 0.15) is 43.8 Å². The lowest BCUT2D eigenvalue weighted by Gasteiger charge is -2.61. The van der Waals surface area contributed by atoms with Gasteiger partial charge in [-0.05, 0) is 37.6 Å². The number of alkyl halides is 2. The molecule has 4 heterocycles. The molecule has 5 nitrogen and oxygen atoms in total. The number of nitrogens with zero attached hydrogens (tertiary/aromatic N) is 4. The minimum atomic E-state index is -2.48. The zero-order chi connectivity index (χ0) is 17.0. The summed E-state index contributed by atoms with van der Waals surface area (Å²) in [5, 5.41) is 5.01. The first-order valence-corrected chi connectivity index (χ1v) is 10.0. The third kappa shape index (κ3) is 3.11. The van der Waals surface area contributed by atoms with E-state index in [4.69, 9.17) is 4.74 Å². The lowest BCUT2D eigenvalue weighted by atomic mass is 9.73. The molecule has 0 N–H and O–H groups in total. The average Bonchev–Trinajstić information content (AvgIpc) is 3.29. The van der Waals surface area contributed by atoms with Crippen molar-refractivity contribution in [3.63, 3.8) is 0 Å². The Morgan fingerprint density at radius 2 is 1.80 bits per heavy atom. The summed E-state index contributed by atoms with van der Waals surface area (Å²) in [6.07, 6.45) is 1.95. The highest BCUT2D eigenvalue weighted by Gasteiger charge is 2.53. The summed E-state index contributed by atoms with van der Waals surface area (Å²) in [4.78, 5) is 2.61. The molecule has 1 saturated carbocycles. The molecule has 0 amide bonds. The highest BCUT2D eigenvalue weighted by atomic mass is 32.2. The molecule has 1 spiro atoms. The second-order valence-corrected chi connectivity index (χ2v) is 9.14. The average molecular weight is 370 g/mol. The van der Waals surface area contributed by atoms with E-state index in [-0.39, 0.29) is 5.69 Å². The molecule has 0 aromatic carbocycles. The number of aromatic nitrogens is 2. The maximum Gasteiger partial charge on any atom is 0.282 e. The van der Waals surface area contributed by atoms with Crippen LogP contribution in [-0.2, 0) is 4.74 Å². The standard InChI is InChI=1S/C17H24F2N4OS/c18-16(19)14-7-15(23(20-14)13-1-2-13)25-22-10-17(11-22)8-21(9-17)12-3-5-24-6-4-12/h7,12-13,16H,1-6,8-11H2. The summed E-state index contributed by atoms with van der Waals surface area (Å²) in [6.45, 7) is 6.26. The first-order chi connectivity index (χ1) is 12.1. The van der Waals surface area contributed by atoms with E-state index in [9.17, 15) is 8.78 Å². The van der Waals surface area contributed by atoms with Crippen molar-refractivity contribution in [3.8, 4) is 0 Å². The molecule has 4 fully saturated rings. The summed E-state index contributed by atoms with van der Waals surface area (Å²) in [6, 6.07) is 2.61. The SMILES string of the molecule is FC(F)c1cc(SN2CC3(C2)CN(C2CCOCC2)C3)n(C2CC2)n1. The predicted molar refractivity (Wildman–Crippen MR) is 90.7 cm³/mol. The quantitative estimate of drug-likeness (QED) is 0.745. The van der Waals surface area contributed by atoms with Gasteiger partial charge in [0.15, 0.2) is 0 Å². The Morgan fingerprint density at radius 3 is 2.44 bits per heavy atom. The minimum absolute atomic E-state index is 0.0843. The Balaban J connectivity index is 1.16. The fourth-order valence-electron chi connectivity index (χ4n) is 4.37. The third-order valence-electron chi connectivity index (χ3n) is 5.87. The van der Waals surface area contributed by atoms with E-state index in [0.29, 0.717) is 17.5 Å². The van der Waals surface area contributed by atoms with Crippen LogP contribution in [0.3, 0.4) is 0 Å². The molecule has 0 atom stereocenters. The Labute approximate surface area is 150 Å². The number of likely N-dealkylation sites (tertiary alicyclic amines) is 1. The smallest absolute Gasteiger partial charge is 0.282 e. The van der Waals surface area contributed by atoms with Gasteiger partial charge in [-0.1, -0.05) is 0 Å². The molecule has 3 saturated heterocycles. The van der Waals surface area contributed by atoms with Gasteiger partial charge in [-0.15, -0.1) is 0 Å². The zero-order valence-corrected chi connectivity index (χ0v) is 15.1. The van der Waals surface area contributed by atoms with Crippen LogP contribution in [-0.4, -0.2) is 64.4 Å². The molecule has 1 aromatic rings. The van der Waals surface area contributed by atoms with Crippen LogP contribution < -0.4 is 0 Å². The molecule has 138 valence electrons. The fraction of sp³-hybridized carbons (Fsp3) is 0.824. The van der Waals surface area contributed by atoms with E-state index in [1.807, 2.05) is 4.68 Å². The predicted octanol–water partition coefficient (Wildman–Crippen LogP) is 2.96. The molecule has 25 heavy (non-hydrogen) atoms. The topological polar surface area (TPSA) is 33.5 Å². The number of rotatable bonds is 5. The molecule has 4 aliphatic rings. The van der Waals surface area contributed by atoms with E-state index >= 15 is 0 Å². The van der Waals surface area contributed by atoms with Crippen molar-refractivity contribution in [1.29, 1.82) is 0 Å². The monoisotopic (exact) mass is 370 g/mol. The van der Waals surface area contributed by atoms with Crippen molar-refractivity contribution in [2.24, 2.45) is 5.41 Å². The van der Waals surface area contributed by atoms with Crippen LogP contribution in [0.4, 0.5) is 8.78 Å². The first kappa shape index (κ1) is 16.5. The van der Waals surface area contributed by atoms with Crippen molar-refractivity contribution in [2.75, 3.05) is 39.4 Å². The summed E-state index contributed by atoms with van der Waals surface area (Å²) in [5.74, 6) is 0. The van der Waals surface area contributed by atoms with Gasteiger partial charge in [0.1, 0.15) is 10.7 Å². The summed E-state index contributed by atoms with van der Waals surface area (Å²) in [5.41, 5.74) is 0.348. The largest absolute Gasteiger partial charge is 0.381 e. The Kier molecular flexibility index (Phi) is 4.07. The highest BCUT2D eigenvalue weighted by Crippen LogP contribution is 2.47. The molecule has 1 aliphatic carbocycles. The normalized spacial score (nSPS) is 27.6. The molecule has 3 aliphatic heterocycles. The second-order valence-electron chi connectivity index (χ2n) is 8.02. The second kappa shape index (κ2) is 6.18. The molecule has 1 aromatic heterocycles.